The van der Waals surface area contributed by atoms with E-state index in [0.717, 1.165) is 36.9 Å². The van der Waals surface area contributed by atoms with Crippen LogP contribution in [0.5, 0.6) is 0 Å². The molecule has 0 radical (unpaired) electrons. The molecule has 0 saturated heterocycles. The van der Waals surface area contributed by atoms with Gasteiger partial charge in [-0.2, -0.15) is 13.2 Å². The molecule has 1 saturated carbocycles. The highest BCUT2D eigenvalue weighted by Gasteiger charge is 2.36. The summed E-state index contributed by atoms with van der Waals surface area (Å²) < 4.78 is 70.6. The number of aryl methyl sites for hydroxylation is 1. The molecule has 0 spiro atoms. The standard InChI is InChI=1S/C31H26F5N3O/c1-18-11-21(6-8-27(18)33)26(20-4-5-20)15-28(40)23-13-19(16-39-17-24(32)7-9-29(39)37)12-22(14-23)25-3-2-10-38-30(25)31(34,35)36/h2-3,6-14,17,20,26,37H,4-5,15-16H2,1H3/t26-/m0/s1. The molecule has 2 aromatic carbocycles. The largest absolute Gasteiger partial charge is 0.433 e. The number of pyridine rings is 2. The first-order valence-corrected chi connectivity index (χ1v) is 12.9. The number of nitrogens with zero attached hydrogens (tertiary/aromatic N) is 2. The smallest absolute Gasteiger partial charge is 0.326 e. The summed E-state index contributed by atoms with van der Waals surface area (Å²) in [7, 11) is 0. The number of hydrogen-bond acceptors (Lipinski definition) is 3. The Morgan fingerprint density at radius 1 is 1.07 bits per heavy atom. The van der Waals surface area contributed by atoms with Gasteiger partial charge in [0.1, 0.15) is 17.1 Å². The minimum atomic E-state index is -4.72. The third kappa shape index (κ3) is 6.03. The van der Waals surface area contributed by atoms with Crippen molar-refractivity contribution in [1.29, 1.82) is 5.41 Å². The van der Waals surface area contributed by atoms with E-state index in [1.165, 1.54) is 41.0 Å². The number of ketones is 1. The normalized spacial score (nSPS) is 14.2. The average Bonchev–Trinajstić information content (AvgIpc) is 3.76. The third-order valence-corrected chi connectivity index (χ3v) is 7.25. The van der Waals surface area contributed by atoms with Crippen LogP contribution in [0.4, 0.5) is 22.0 Å². The number of carbonyl (C=O) groups excluding carboxylic acids is 1. The molecular formula is C31H26F5N3O. The highest BCUT2D eigenvalue weighted by Crippen LogP contribution is 2.45. The van der Waals surface area contributed by atoms with Gasteiger partial charge in [0, 0.05) is 36.5 Å². The van der Waals surface area contributed by atoms with Crippen LogP contribution in [0.25, 0.3) is 11.1 Å². The number of benzene rings is 2. The fourth-order valence-electron chi connectivity index (χ4n) is 5.08. The zero-order valence-corrected chi connectivity index (χ0v) is 21.6. The Hall–Kier alpha value is -4.14. The monoisotopic (exact) mass is 551 g/mol. The van der Waals surface area contributed by atoms with Crippen molar-refractivity contribution in [3.63, 3.8) is 0 Å². The molecule has 206 valence electrons. The molecule has 40 heavy (non-hydrogen) atoms. The van der Waals surface area contributed by atoms with E-state index in [0.29, 0.717) is 11.1 Å². The lowest BCUT2D eigenvalue weighted by molar-refractivity contribution is -0.140. The minimum absolute atomic E-state index is 0.00230. The van der Waals surface area contributed by atoms with Crippen molar-refractivity contribution in [2.45, 2.75) is 44.8 Å². The van der Waals surface area contributed by atoms with Gasteiger partial charge in [-0.05, 0) is 96.3 Å². The van der Waals surface area contributed by atoms with E-state index in [2.05, 4.69) is 4.98 Å². The molecule has 2 aromatic heterocycles. The summed E-state index contributed by atoms with van der Waals surface area (Å²) in [6, 6.07) is 14.4. The molecule has 1 N–H and O–H groups in total. The zero-order chi connectivity index (χ0) is 28.6. The number of rotatable bonds is 8. The number of halogens is 5. The van der Waals surface area contributed by atoms with Gasteiger partial charge in [0.15, 0.2) is 11.5 Å². The van der Waals surface area contributed by atoms with Crippen molar-refractivity contribution in [2.24, 2.45) is 5.92 Å². The molecule has 2 heterocycles. The predicted molar refractivity (Wildman–Crippen MR) is 140 cm³/mol. The Labute approximate surface area is 227 Å². The number of nitrogens with one attached hydrogen (secondary N) is 1. The van der Waals surface area contributed by atoms with Crippen molar-refractivity contribution in [3.05, 3.63) is 118 Å². The Morgan fingerprint density at radius 2 is 1.85 bits per heavy atom. The van der Waals surface area contributed by atoms with Gasteiger partial charge in [-0.15, -0.1) is 0 Å². The summed E-state index contributed by atoms with van der Waals surface area (Å²) in [5.41, 5.74) is 0.848. The van der Waals surface area contributed by atoms with E-state index in [1.807, 2.05) is 0 Å². The summed E-state index contributed by atoms with van der Waals surface area (Å²) in [5, 5.41) is 8.11. The number of aromatic nitrogens is 2. The van der Waals surface area contributed by atoms with Crippen molar-refractivity contribution in [2.75, 3.05) is 0 Å². The van der Waals surface area contributed by atoms with Gasteiger partial charge >= 0.3 is 6.18 Å². The number of hydrogen-bond donors (Lipinski definition) is 1. The summed E-state index contributed by atoms with van der Waals surface area (Å²) in [6.45, 7) is 1.63. The molecule has 4 aromatic rings. The molecular weight excluding hydrogens is 525 g/mol. The molecule has 9 heteroatoms. The first-order valence-electron chi connectivity index (χ1n) is 12.9. The van der Waals surface area contributed by atoms with Crippen molar-refractivity contribution >= 4 is 5.78 Å². The molecule has 0 unspecified atom stereocenters. The zero-order valence-electron chi connectivity index (χ0n) is 21.6. The minimum Gasteiger partial charge on any atom is -0.326 e. The molecule has 1 aliphatic rings. The first-order chi connectivity index (χ1) is 19.0. The lowest BCUT2D eigenvalue weighted by Gasteiger charge is -2.18. The van der Waals surface area contributed by atoms with Gasteiger partial charge < -0.3 is 4.57 Å². The van der Waals surface area contributed by atoms with E-state index in [9.17, 15) is 26.7 Å². The van der Waals surface area contributed by atoms with Gasteiger partial charge in [0.05, 0.1) is 0 Å². The molecule has 5 rings (SSSR count). The maximum Gasteiger partial charge on any atom is 0.433 e. The summed E-state index contributed by atoms with van der Waals surface area (Å²) in [5.74, 6) is -1.06. The number of carbonyl (C=O) groups is 1. The van der Waals surface area contributed by atoms with Crippen molar-refractivity contribution in [1.82, 2.24) is 9.55 Å². The molecule has 0 amide bonds. The average molecular weight is 552 g/mol. The van der Waals surface area contributed by atoms with Gasteiger partial charge in [-0.25, -0.2) is 8.78 Å². The maximum absolute atomic E-state index is 13.9. The van der Waals surface area contributed by atoms with E-state index < -0.39 is 17.7 Å². The molecule has 4 nitrogen and oxygen atoms in total. The van der Waals surface area contributed by atoms with Crippen LogP contribution >= 0.6 is 0 Å². The molecule has 0 bridgehead atoms. The fraction of sp³-hybridized carbons (Fsp3) is 0.258. The Kier molecular flexibility index (Phi) is 7.40. The first kappa shape index (κ1) is 27.4. The molecule has 1 aliphatic carbocycles. The quantitative estimate of drug-likeness (QED) is 0.183. The highest BCUT2D eigenvalue weighted by atomic mass is 19.4. The van der Waals surface area contributed by atoms with E-state index in [1.54, 1.807) is 25.1 Å². The van der Waals surface area contributed by atoms with Crippen LogP contribution in [0.2, 0.25) is 0 Å². The van der Waals surface area contributed by atoms with Crippen LogP contribution in [0.1, 0.15) is 57.9 Å². The van der Waals surface area contributed by atoms with Gasteiger partial charge in [-0.3, -0.25) is 15.2 Å². The fourth-order valence-corrected chi connectivity index (χ4v) is 5.08. The van der Waals surface area contributed by atoms with E-state index in [4.69, 9.17) is 5.41 Å². The van der Waals surface area contributed by atoms with Crippen LogP contribution < -0.4 is 5.49 Å². The second-order valence-electron chi connectivity index (χ2n) is 10.3. The maximum atomic E-state index is 13.9. The predicted octanol–water partition coefficient (Wildman–Crippen LogP) is 7.45. The van der Waals surface area contributed by atoms with Gasteiger partial charge in [0.2, 0.25) is 0 Å². The van der Waals surface area contributed by atoms with Crippen molar-refractivity contribution < 1.29 is 26.7 Å². The Bertz CT molecular complexity index is 1640. The number of alkyl halides is 3. The third-order valence-electron chi connectivity index (χ3n) is 7.25. The van der Waals surface area contributed by atoms with E-state index in [-0.39, 0.29) is 58.6 Å². The van der Waals surface area contributed by atoms with Crippen LogP contribution in [0.3, 0.4) is 0 Å². The molecule has 1 atom stereocenters. The topological polar surface area (TPSA) is 58.7 Å². The van der Waals surface area contributed by atoms with Gasteiger partial charge in [-0.1, -0.05) is 18.2 Å². The number of Topliss-reactive ketones (excluding diaryl/α,β-unsaturated/α-hetero) is 1. The Balaban J connectivity index is 1.57. The van der Waals surface area contributed by atoms with Gasteiger partial charge in [0.25, 0.3) is 0 Å². The van der Waals surface area contributed by atoms with Crippen LogP contribution in [0, 0.1) is 29.9 Å². The summed E-state index contributed by atoms with van der Waals surface area (Å²) >= 11 is 0. The van der Waals surface area contributed by atoms with Crippen LogP contribution in [-0.2, 0) is 12.7 Å². The van der Waals surface area contributed by atoms with Crippen molar-refractivity contribution in [3.8, 4) is 11.1 Å². The highest BCUT2D eigenvalue weighted by molar-refractivity contribution is 5.98. The van der Waals surface area contributed by atoms with Crippen LogP contribution in [-0.4, -0.2) is 15.3 Å². The molecule has 0 aliphatic heterocycles. The Morgan fingerprint density at radius 3 is 2.55 bits per heavy atom. The van der Waals surface area contributed by atoms with Crippen LogP contribution in [0.15, 0.2) is 73.1 Å². The van der Waals surface area contributed by atoms with E-state index >= 15 is 0 Å². The second kappa shape index (κ2) is 10.8. The summed E-state index contributed by atoms with van der Waals surface area (Å²) in [4.78, 5) is 17.2. The molecule has 1 fully saturated rings. The summed E-state index contributed by atoms with van der Waals surface area (Å²) in [6.07, 6.45) is -0.558. The SMILES string of the molecule is Cc1cc([C@@H](CC(=O)c2cc(Cn3cc(F)ccc3=N)cc(-c3cccnc3C(F)(F)F)c2)C2CC2)ccc1F. The lowest BCUT2D eigenvalue weighted by Crippen LogP contribution is -2.20. The second-order valence-corrected chi connectivity index (χ2v) is 10.3. The lowest BCUT2D eigenvalue weighted by atomic mass is 9.86.